The van der Waals surface area contributed by atoms with E-state index in [-0.39, 0.29) is 30.6 Å². The Hall–Kier alpha value is -1.39. The van der Waals surface area contributed by atoms with E-state index in [0.717, 1.165) is 11.3 Å². The number of amides is 2. The minimum absolute atomic E-state index is 0.163. The summed E-state index contributed by atoms with van der Waals surface area (Å²) in [5.41, 5.74) is 0. The Kier molecular flexibility index (Phi) is 4.04. The van der Waals surface area contributed by atoms with Crippen molar-refractivity contribution in [3.8, 4) is 0 Å². The molecule has 1 unspecified atom stereocenters. The molecule has 1 aliphatic rings. The molecule has 0 saturated carbocycles. The van der Waals surface area contributed by atoms with Crippen molar-refractivity contribution in [2.45, 2.75) is 45.6 Å². The average Bonchev–Trinajstić information content (AvgIpc) is 2.47. The van der Waals surface area contributed by atoms with E-state index in [1.165, 1.54) is 0 Å². The molecule has 0 radical (unpaired) electrons. The van der Waals surface area contributed by atoms with Gasteiger partial charge in [0.2, 0.25) is 11.8 Å². The van der Waals surface area contributed by atoms with Crippen LogP contribution in [0.4, 0.5) is 0 Å². The van der Waals surface area contributed by atoms with Crippen LogP contribution >= 0.6 is 0 Å². The van der Waals surface area contributed by atoms with Gasteiger partial charge >= 0.3 is 5.97 Å². The van der Waals surface area contributed by atoms with Gasteiger partial charge in [0.15, 0.2) is 0 Å². The summed E-state index contributed by atoms with van der Waals surface area (Å²) in [7, 11) is 0. The molecule has 0 aliphatic carbocycles. The number of hydrogen-bond donors (Lipinski definition) is 1. The molecule has 1 aliphatic heterocycles. The maximum absolute atomic E-state index is 11.9. The van der Waals surface area contributed by atoms with Gasteiger partial charge in [0.1, 0.15) is 6.04 Å². The largest absolute Gasteiger partial charge is 0.480 e. The molecule has 0 aromatic rings. The average molecular weight is 227 g/mol. The highest BCUT2D eigenvalue weighted by molar-refractivity contribution is 6.06. The Morgan fingerprint density at radius 3 is 2.56 bits per heavy atom. The molecule has 2 amide bonds. The molecule has 1 rings (SSSR count). The van der Waals surface area contributed by atoms with Gasteiger partial charge in [0.25, 0.3) is 0 Å². The smallest absolute Gasteiger partial charge is 0.326 e. The second-order valence-corrected chi connectivity index (χ2v) is 4.05. The fraction of sp³-hybridized carbons (Fsp3) is 0.727. The van der Waals surface area contributed by atoms with Crippen molar-refractivity contribution in [1.82, 2.24) is 4.90 Å². The summed E-state index contributed by atoms with van der Waals surface area (Å²) < 4.78 is 0. The number of carboxylic acid groups (broad SMARTS) is 1. The Bertz CT molecular complexity index is 313. The highest BCUT2D eigenvalue weighted by Crippen LogP contribution is 2.26. The number of nitrogens with zero attached hydrogens (tertiary/aromatic N) is 1. The SMILES string of the molecule is CCC[C@@H]1CC(=O)N(C(CC)C(=O)O)C1=O. The monoisotopic (exact) mass is 227 g/mol. The van der Waals surface area contributed by atoms with Gasteiger partial charge in [-0.2, -0.15) is 0 Å². The predicted molar refractivity (Wildman–Crippen MR) is 56.6 cm³/mol. The maximum Gasteiger partial charge on any atom is 0.326 e. The van der Waals surface area contributed by atoms with Gasteiger partial charge < -0.3 is 5.11 Å². The number of imide groups is 1. The number of carbonyl (C=O) groups excluding carboxylic acids is 2. The molecule has 16 heavy (non-hydrogen) atoms. The maximum atomic E-state index is 11.9. The van der Waals surface area contributed by atoms with Crippen molar-refractivity contribution in [3.05, 3.63) is 0 Å². The number of carbonyl (C=O) groups is 3. The summed E-state index contributed by atoms with van der Waals surface area (Å²) in [6.07, 6.45) is 1.89. The van der Waals surface area contributed by atoms with Gasteiger partial charge in [0, 0.05) is 12.3 Å². The lowest BCUT2D eigenvalue weighted by atomic mass is 10.0. The third-order valence-electron chi connectivity index (χ3n) is 2.90. The van der Waals surface area contributed by atoms with Crippen LogP contribution in [0, 0.1) is 5.92 Å². The normalized spacial score (nSPS) is 22.6. The lowest BCUT2D eigenvalue weighted by Gasteiger charge is -2.21. The van der Waals surface area contributed by atoms with Crippen LogP contribution in [0.5, 0.6) is 0 Å². The molecular weight excluding hydrogens is 210 g/mol. The molecule has 0 bridgehead atoms. The van der Waals surface area contributed by atoms with Crippen LogP contribution in [0.1, 0.15) is 39.5 Å². The lowest BCUT2D eigenvalue weighted by molar-refractivity contribution is -0.154. The zero-order chi connectivity index (χ0) is 12.3. The highest BCUT2D eigenvalue weighted by Gasteiger charge is 2.43. The van der Waals surface area contributed by atoms with Crippen LogP contribution < -0.4 is 0 Å². The van der Waals surface area contributed by atoms with Crippen LogP contribution in [-0.2, 0) is 14.4 Å². The topological polar surface area (TPSA) is 74.7 Å². The third kappa shape index (κ3) is 2.23. The number of likely N-dealkylation sites (tertiary alicyclic amines) is 1. The van der Waals surface area contributed by atoms with Crippen molar-refractivity contribution in [2.75, 3.05) is 0 Å². The van der Waals surface area contributed by atoms with Crippen molar-refractivity contribution < 1.29 is 19.5 Å². The molecular formula is C11H17NO4. The summed E-state index contributed by atoms with van der Waals surface area (Å²) in [5.74, 6) is -2.09. The molecule has 1 fully saturated rings. The number of carboxylic acids is 1. The second kappa shape index (κ2) is 5.09. The molecule has 0 aromatic carbocycles. The first-order chi connectivity index (χ1) is 7.52. The van der Waals surface area contributed by atoms with Gasteiger partial charge in [-0.3, -0.25) is 14.5 Å². The van der Waals surface area contributed by atoms with Gasteiger partial charge in [-0.1, -0.05) is 20.3 Å². The summed E-state index contributed by atoms with van der Waals surface area (Å²) in [5, 5.41) is 8.94. The van der Waals surface area contributed by atoms with Crippen molar-refractivity contribution in [3.63, 3.8) is 0 Å². The van der Waals surface area contributed by atoms with Gasteiger partial charge in [-0.15, -0.1) is 0 Å². The molecule has 5 heteroatoms. The molecule has 1 heterocycles. The molecule has 5 nitrogen and oxygen atoms in total. The Morgan fingerprint density at radius 1 is 1.50 bits per heavy atom. The van der Waals surface area contributed by atoms with Crippen LogP contribution in [0.2, 0.25) is 0 Å². The zero-order valence-electron chi connectivity index (χ0n) is 9.60. The van der Waals surface area contributed by atoms with E-state index in [1.54, 1.807) is 6.92 Å². The van der Waals surface area contributed by atoms with Gasteiger partial charge in [-0.25, -0.2) is 4.79 Å². The molecule has 2 atom stereocenters. The van der Waals surface area contributed by atoms with Crippen molar-refractivity contribution in [2.24, 2.45) is 5.92 Å². The fourth-order valence-corrected chi connectivity index (χ4v) is 2.09. The first-order valence-corrected chi connectivity index (χ1v) is 5.61. The summed E-state index contributed by atoms with van der Waals surface area (Å²) in [6.45, 7) is 3.60. The Labute approximate surface area is 94.4 Å². The number of hydrogen-bond acceptors (Lipinski definition) is 3. The quantitative estimate of drug-likeness (QED) is 0.712. The van der Waals surface area contributed by atoms with Crippen molar-refractivity contribution in [1.29, 1.82) is 0 Å². The van der Waals surface area contributed by atoms with E-state index in [0.29, 0.717) is 6.42 Å². The van der Waals surface area contributed by atoms with Crippen molar-refractivity contribution >= 4 is 17.8 Å². The van der Waals surface area contributed by atoms with E-state index in [1.807, 2.05) is 6.92 Å². The van der Waals surface area contributed by atoms with E-state index in [9.17, 15) is 14.4 Å². The van der Waals surface area contributed by atoms with Crippen LogP contribution in [-0.4, -0.2) is 33.8 Å². The highest BCUT2D eigenvalue weighted by atomic mass is 16.4. The fourth-order valence-electron chi connectivity index (χ4n) is 2.09. The van der Waals surface area contributed by atoms with Gasteiger partial charge in [-0.05, 0) is 12.8 Å². The molecule has 0 aromatic heterocycles. The first kappa shape index (κ1) is 12.7. The first-order valence-electron chi connectivity index (χ1n) is 5.61. The third-order valence-corrected chi connectivity index (χ3v) is 2.90. The summed E-state index contributed by atoms with van der Waals surface area (Å²) in [4.78, 5) is 35.3. The van der Waals surface area contributed by atoms with E-state index >= 15 is 0 Å². The van der Waals surface area contributed by atoms with Crippen LogP contribution in [0.25, 0.3) is 0 Å². The van der Waals surface area contributed by atoms with E-state index in [2.05, 4.69) is 0 Å². The van der Waals surface area contributed by atoms with Crippen LogP contribution in [0.3, 0.4) is 0 Å². The second-order valence-electron chi connectivity index (χ2n) is 4.05. The minimum atomic E-state index is -1.11. The predicted octanol–water partition coefficient (Wildman–Crippen LogP) is 1.02. The minimum Gasteiger partial charge on any atom is -0.480 e. The molecule has 0 spiro atoms. The number of aliphatic carboxylic acids is 1. The molecule has 90 valence electrons. The molecule has 1 N–H and O–H groups in total. The Balaban J connectivity index is 2.84. The van der Waals surface area contributed by atoms with E-state index in [4.69, 9.17) is 5.11 Å². The molecule has 1 saturated heterocycles. The zero-order valence-corrected chi connectivity index (χ0v) is 9.60. The summed E-state index contributed by atoms with van der Waals surface area (Å²) in [6, 6.07) is -0.998. The van der Waals surface area contributed by atoms with E-state index < -0.39 is 12.0 Å². The van der Waals surface area contributed by atoms with Crippen LogP contribution in [0.15, 0.2) is 0 Å². The number of rotatable bonds is 5. The standard InChI is InChI=1S/C11H17NO4/c1-3-5-7-6-9(13)12(10(7)14)8(4-2)11(15)16/h7-8H,3-6H2,1-2H3,(H,15,16)/t7-,8?/m1/s1. The van der Waals surface area contributed by atoms with Gasteiger partial charge in [0.05, 0.1) is 0 Å². The Morgan fingerprint density at radius 2 is 2.12 bits per heavy atom. The summed E-state index contributed by atoms with van der Waals surface area (Å²) >= 11 is 0. The lowest BCUT2D eigenvalue weighted by Crippen LogP contribution is -2.44.